The van der Waals surface area contributed by atoms with E-state index in [1.807, 2.05) is 12.1 Å². The zero-order chi connectivity index (χ0) is 14.8. The molecule has 1 heterocycles. The maximum absolute atomic E-state index is 12.2. The minimum atomic E-state index is -0.741. The number of ether oxygens (including phenoxy) is 2. The molecule has 0 radical (unpaired) electrons. The topological polar surface area (TPSA) is 47.6 Å². The second-order valence-corrected chi connectivity index (χ2v) is 5.32. The summed E-state index contributed by atoms with van der Waals surface area (Å²) >= 11 is 11.9. The zero-order valence-corrected chi connectivity index (χ0v) is 12.3. The number of amides is 1. The number of benzene rings is 2. The predicted octanol–water partition coefficient (Wildman–Crippen LogP) is 3.77. The average Bonchev–Trinajstić information content (AvgIpc) is 2.50. The number of nitrogens with one attached hydrogen (secondary N) is 1. The molecule has 0 spiro atoms. The lowest BCUT2D eigenvalue weighted by molar-refractivity contribution is -0.125. The minimum absolute atomic E-state index is 0.140. The zero-order valence-electron chi connectivity index (χ0n) is 10.8. The fraction of sp³-hybridized carbons (Fsp3) is 0.133. The molecular weight excluding hydrogens is 313 g/mol. The van der Waals surface area contributed by atoms with Crippen LogP contribution in [-0.2, 0) is 4.79 Å². The Morgan fingerprint density at radius 2 is 1.90 bits per heavy atom. The third-order valence-electron chi connectivity index (χ3n) is 2.99. The molecule has 0 fully saturated rings. The molecule has 0 saturated heterocycles. The molecule has 0 aliphatic carbocycles. The molecule has 3 rings (SSSR count). The minimum Gasteiger partial charge on any atom is -0.485 e. The SMILES string of the molecule is O=C(Nc1cc(Cl)ccc1Cl)C1COc2ccccc2O1. The Hall–Kier alpha value is -1.91. The summed E-state index contributed by atoms with van der Waals surface area (Å²) in [5, 5.41) is 3.59. The summed E-state index contributed by atoms with van der Waals surface area (Å²) < 4.78 is 11.1. The molecule has 1 aliphatic heterocycles. The van der Waals surface area contributed by atoms with Crippen LogP contribution in [0.5, 0.6) is 11.5 Å². The van der Waals surface area contributed by atoms with Crippen LogP contribution in [0.1, 0.15) is 0 Å². The number of para-hydroxylation sites is 2. The highest BCUT2D eigenvalue weighted by Gasteiger charge is 2.27. The molecule has 4 nitrogen and oxygen atoms in total. The Morgan fingerprint density at radius 3 is 2.71 bits per heavy atom. The molecule has 6 heteroatoms. The Balaban J connectivity index is 1.74. The van der Waals surface area contributed by atoms with Crippen LogP contribution in [0.15, 0.2) is 42.5 Å². The second kappa shape index (κ2) is 5.84. The molecule has 0 bridgehead atoms. The van der Waals surface area contributed by atoms with E-state index >= 15 is 0 Å². The number of carbonyl (C=O) groups is 1. The number of anilines is 1. The Morgan fingerprint density at radius 1 is 1.14 bits per heavy atom. The molecule has 21 heavy (non-hydrogen) atoms. The van der Waals surface area contributed by atoms with Gasteiger partial charge < -0.3 is 14.8 Å². The van der Waals surface area contributed by atoms with E-state index in [9.17, 15) is 4.79 Å². The van der Waals surface area contributed by atoms with Gasteiger partial charge in [0.15, 0.2) is 11.5 Å². The fourth-order valence-electron chi connectivity index (χ4n) is 1.96. The van der Waals surface area contributed by atoms with Crippen molar-refractivity contribution in [3.8, 4) is 11.5 Å². The summed E-state index contributed by atoms with van der Waals surface area (Å²) in [6.45, 7) is 0.140. The third kappa shape index (κ3) is 3.06. The number of fused-ring (bicyclic) bond motifs is 1. The van der Waals surface area contributed by atoms with Gasteiger partial charge in [0.25, 0.3) is 5.91 Å². The first-order chi connectivity index (χ1) is 10.1. The highest BCUT2D eigenvalue weighted by atomic mass is 35.5. The predicted molar refractivity (Wildman–Crippen MR) is 81.4 cm³/mol. The normalized spacial score (nSPS) is 16.4. The van der Waals surface area contributed by atoms with Crippen LogP contribution in [0.2, 0.25) is 10.0 Å². The number of hydrogen-bond acceptors (Lipinski definition) is 3. The lowest BCUT2D eigenvalue weighted by Gasteiger charge is -2.25. The monoisotopic (exact) mass is 323 g/mol. The summed E-state index contributed by atoms with van der Waals surface area (Å²) in [7, 11) is 0. The van der Waals surface area contributed by atoms with Gasteiger partial charge in [0, 0.05) is 5.02 Å². The van der Waals surface area contributed by atoms with Crippen LogP contribution >= 0.6 is 23.2 Å². The summed E-state index contributed by atoms with van der Waals surface area (Å²) in [6, 6.07) is 12.0. The Kier molecular flexibility index (Phi) is 3.90. The standard InChI is InChI=1S/C15H11Cl2NO3/c16-9-5-6-10(17)11(7-9)18-15(19)14-8-20-12-3-1-2-4-13(12)21-14/h1-7,14H,8H2,(H,18,19). The van der Waals surface area contributed by atoms with Gasteiger partial charge in [0.2, 0.25) is 6.10 Å². The molecular formula is C15H11Cl2NO3. The van der Waals surface area contributed by atoms with Gasteiger partial charge in [-0.25, -0.2) is 0 Å². The first-order valence-electron chi connectivity index (χ1n) is 6.28. The van der Waals surface area contributed by atoms with Crippen molar-refractivity contribution >= 4 is 34.8 Å². The lowest BCUT2D eigenvalue weighted by Crippen LogP contribution is -2.40. The molecule has 2 aromatic carbocycles. The van der Waals surface area contributed by atoms with Crippen LogP contribution in [0.3, 0.4) is 0 Å². The van der Waals surface area contributed by atoms with Gasteiger partial charge in [-0.1, -0.05) is 35.3 Å². The quantitative estimate of drug-likeness (QED) is 0.915. The first kappa shape index (κ1) is 14.0. The number of carbonyl (C=O) groups excluding carboxylic acids is 1. The lowest BCUT2D eigenvalue weighted by atomic mass is 10.2. The average molecular weight is 324 g/mol. The maximum atomic E-state index is 12.2. The van der Waals surface area contributed by atoms with Crippen LogP contribution in [0.25, 0.3) is 0 Å². The smallest absolute Gasteiger partial charge is 0.269 e. The van der Waals surface area contributed by atoms with Gasteiger partial charge in [-0.3, -0.25) is 4.79 Å². The van der Waals surface area contributed by atoms with Crippen molar-refractivity contribution in [1.29, 1.82) is 0 Å². The van der Waals surface area contributed by atoms with Gasteiger partial charge >= 0.3 is 0 Å². The highest BCUT2D eigenvalue weighted by molar-refractivity contribution is 6.35. The molecule has 1 aliphatic rings. The molecule has 1 amide bonds. The summed E-state index contributed by atoms with van der Waals surface area (Å²) in [6.07, 6.45) is -0.741. The molecule has 108 valence electrons. The van der Waals surface area contributed by atoms with Crippen LogP contribution < -0.4 is 14.8 Å². The summed E-state index contributed by atoms with van der Waals surface area (Å²) in [4.78, 5) is 12.2. The second-order valence-electron chi connectivity index (χ2n) is 4.48. The van der Waals surface area contributed by atoms with Crippen molar-refractivity contribution in [3.63, 3.8) is 0 Å². The van der Waals surface area contributed by atoms with E-state index in [1.165, 1.54) is 0 Å². The van der Waals surface area contributed by atoms with Crippen LogP contribution in [0, 0.1) is 0 Å². The van der Waals surface area contributed by atoms with E-state index in [-0.39, 0.29) is 12.5 Å². The largest absolute Gasteiger partial charge is 0.485 e. The molecule has 1 atom stereocenters. The van der Waals surface area contributed by atoms with E-state index in [0.29, 0.717) is 27.2 Å². The van der Waals surface area contributed by atoms with Gasteiger partial charge in [-0.05, 0) is 30.3 Å². The summed E-state index contributed by atoms with van der Waals surface area (Å²) in [5.74, 6) is 0.831. The van der Waals surface area contributed by atoms with Crippen molar-refractivity contribution in [2.24, 2.45) is 0 Å². The maximum Gasteiger partial charge on any atom is 0.269 e. The molecule has 1 N–H and O–H groups in total. The number of halogens is 2. The van der Waals surface area contributed by atoms with Gasteiger partial charge in [-0.15, -0.1) is 0 Å². The van der Waals surface area contributed by atoms with Gasteiger partial charge in [0.1, 0.15) is 6.61 Å². The van der Waals surface area contributed by atoms with Gasteiger partial charge in [0.05, 0.1) is 10.7 Å². The van der Waals surface area contributed by atoms with E-state index < -0.39 is 6.10 Å². The molecule has 2 aromatic rings. The van der Waals surface area contributed by atoms with E-state index in [2.05, 4.69) is 5.32 Å². The van der Waals surface area contributed by atoms with Crippen molar-refractivity contribution in [1.82, 2.24) is 0 Å². The van der Waals surface area contributed by atoms with Crippen LogP contribution in [0.4, 0.5) is 5.69 Å². The number of rotatable bonds is 2. The molecule has 1 unspecified atom stereocenters. The Labute approximate surface area is 131 Å². The number of hydrogen-bond donors (Lipinski definition) is 1. The third-order valence-corrected chi connectivity index (χ3v) is 3.55. The van der Waals surface area contributed by atoms with Crippen molar-refractivity contribution in [2.45, 2.75) is 6.10 Å². The fourth-order valence-corrected chi connectivity index (χ4v) is 2.29. The molecule has 0 aromatic heterocycles. The van der Waals surface area contributed by atoms with Crippen molar-refractivity contribution in [3.05, 3.63) is 52.5 Å². The van der Waals surface area contributed by atoms with Crippen molar-refractivity contribution < 1.29 is 14.3 Å². The first-order valence-corrected chi connectivity index (χ1v) is 7.03. The van der Waals surface area contributed by atoms with E-state index in [0.717, 1.165) is 0 Å². The van der Waals surface area contributed by atoms with Crippen molar-refractivity contribution in [2.75, 3.05) is 11.9 Å². The molecule has 0 saturated carbocycles. The van der Waals surface area contributed by atoms with Crippen LogP contribution in [-0.4, -0.2) is 18.6 Å². The highest BCUT2D eigenvalue weighted by Crippen LogP contribution is 2.31. The Bertz CT molecular complexity index is 690. The summed E-state index contributed by atoms with van der Waals surface area (Å²) in [5.41, 5.74) is 0.441. The van der Waals surface area contributed by atoms with Gasteiger partial charge in [-0.2, -0.15) is 0 Å². The van der Waals surface area contributed by atoms with E-state index in [4.69, 9.17) is 32.7 Å². The van der Waals surface area contributed by atoms with E-state index in [1.54, 1.807) is 30.3 Å².